The van der Waals surface area contributed by atoms with E-state index in [4.69, 9.17) is 0 Å². The van der Waals surface area contributed by atoms with Crippen molar-refractivity contribution in [1.82, 2.24) is 15.1 Å². The third kappa shape index (κ3) is 4.39. The number of fused-ring (bicyclic) bond motifs is 1. The zero-order valence-corrected chi connectivity index (χ0v) is 20.4. The van der Waals surface area contributed by atoms with Crippen LogP contribution in [-0.2, 0) is 6.18 Å². The van der Waals surface area contributed by atoms with Crippen LogP contribution >= 0.6 is 11.3 Å². The summed E-state index contributed by atoms with van der Waals surface area (Å²) in [6.45, 7) is 2.47. The number of benzene rings is 2. The van der Waals surface area contributed by atoms with Crippen LogP contribution in [0.15, 0.2) is 48.5 Å². The summed E-state index contributed by atoms with van der Waals surface area (Å²) in [5.74, 6) is 0.213. The largest absolute Gasteiger partial charge is 0.416 e. The van der Waals surface area contributed by atoms with Gasteiger partial charge in [-0.15, -0.1) is 11.3 Å². The Balaban J connectivity index is 1.09. The molecule has 1 unspecified atom stereocenters. The van der Waals surface area contributed by atoms with Crippen LogP contribution < -0.4 is 5.32 Å². The van der Waals surface area contributed by atoms with Crippen LogP contribution in [0.3, 0.4) is 0 Å². The molecule has 3 fully saturated rings. The number of nitrogens with one attached hydrogen (secondary N) is 1. The molecule has 2 saturated heterocycles. The maximum Gasteiger partial charge on any atom is 0.416 e. The Morgan fingerprint density at radius 2 is 1.61 bits per heavy atom. The van der Waals surface area contributed by atoms with E-state index < -0.39 is 11.7 Å². The molecule has 1 aromatic heterocycles. The van der Waals surface area contributed by atoms with Gasteiger partial charge >= 0.3 is 6.18 Å². The topological polar surface area (TPSA) is 52.7 Å². The van der Waals surface area contributed by atoms with Gasteiger partial charge in [0.1, 0.15) is 0 Å². The van der Waals surface area contributed by atoms with Gasteiger partial charge < -0.3 is 15.1 Å². The van der Waals surface area contributed by atoms with Crippen molar-refractivity contribution in [3.8, 4) is 0 Å². The minimum absolute atomic E-state index is 0.0383. The van der Waals surface area contributed by atoms with E-state index in [0.29, 0.717) is 41.3 Å². The van der Waals surface area contributed by atoms with Gasteiger partial charge in [0.05, 0.1) is 10.4 Å². The van der Waals surface area contributed by atoms with Crippen LogP contribution in [0.1, 0.15) is 56.3 Å². The van der Waals surface area contributed by atoms with E-state index >= 15 is 0 Å². The fourth-order valence-electron chi connectivity index (χ4n) is 5.30. The zero-order chi connectivity index (χ0) is 25.0. The van der Waals surface area contributed by atoms with E-state index in [9.17, 15) is 22.8 Å². The summed E-state index contributed by atoms with van der Waals surface area (Å²) in [5.41, 5.74) is 0.939. The van der Waals surface area contributed by atoms with Gasteiger partial charge in [-0.25, -0.2) is 0 Å². The molecule has 1 saturated carbocycles. The van der Waals surface area contributed by atoms with Crippen LogP contribution in [0, 0.1) is 0 Å². The van der Waals surface area contributed by atoms with Gasteiger partial charge in [0.25, 0.3) is 11.8 Å². The fourth-order valence-corrected chi connectivity index (χ4v) is 6.60. The maximum atomic E-state index is 13.3. The van der Waals surface area contributed by atoms with E-state index in [1.165, 1.54) is 23.5 Å². The molecule has 0 spiro atoms. The molecule has 0 bridgehead atoms. The molecular weight excluding hydrogens is 487 g/mol. The highest BCUT2D eigenvalue weighted by atomic mass is 32.1. The van der Waals surface area contributed by atoms with Gasteiger partial charge in [0, 0.05) is 48.5 Å². The first-order valence-corrected chi connectivity index (χ1v) is 13.1. The van der Waals surface area contributed by atoms with E-state index in [-0.39, 0.29) is 29.8 Å². The Kier molecular flexibility index (Phi) is 5.80. The molecule has 1 atom stereocenters. The number of carbonyl (C=O) groups is 2. The predicted molar refractivity (Wildman–Crippen MR) is 132 cm³/mol. The number of hydrogen-bond donors (Lipinski definition) is 1. The Morgan fingerprint density at radius 3 is 2.31 bits per heavy atom. The molecule has 9 heteroatoms. The number of alkyl halides is 3. The van der Waals surface area contributed by atoms with Crippen LogP contribution in [0.4, 0.5) is 13.2 Å². The molecule has 3 aliphatic rings. The van der Waals surface area contributed by atoms with Crippen LogP contribution in [-0.4, -0.2) is 59.9 Å². The minimum atomic E-state index is -4.40. The van der Waals surface area contributed by atoms with Crippen LogP contribution in [0.2, 0.25) is 0 Å². The molecule has 3 aromatic rings. The summed E-state index contributed by atoms with van der Waals surface area (Å²) in [6, 6.07) is 13.4. The van der Waals surface area contributed by atoms with Crippen molar-refractivity contribution < 1.29 is 22.8 Å². The first-order valence-electron chi connectivity index (χ1n) is 12.3. The van der Waals surface area contributed by atoms with Gasteiger partial charge in [-0.3, -0.25) is 9.59 Å². The van der Waals surface area contributed by atoms with E-state index in [1.54, 1.807) is 4.90 Å². The standard InChI is InChI=1S/C27H26F3N3O2S/c28-27(29,30)18-8-9-21-22(12-18)36-24(23(21)16-6-7-16)26(35)33-14-20(15-33)31-19-10-11-32(13-19)25(34)17-4-2-1-3-5-17/h1-5,8-9,12,16,19-20,31H,6-7,10-11,13-15H2. The molecular formula is C27H26F3N3O2S. The summed E-state index contributed by atoms with van der Waals surface area (Å²) >= 11 is 1.19. The van der Waals surface area contributed by atoms with E-state index in [0.717, 1.165) is 36.3 Å². The molecule has 6 rings (SSSR count). The van der Waals surface area contributed by atoms with Crippen molar-refractivity contribution in [2.24, 2.45) is 0 Å². The second kappa shape index (κ2) is 8.88. The maximum absolute atomic E-state index is 13.3. The highest BCUT2D eigenvalue weighted by molar-refractivity contribution is 7.21. The average Bonchev–Trinajstić information content (AvgIpc) is 3.44. The average molecular weight is 514 g/mol. The summed E-state index contributed by atoms with van der Waals surface area (Å²) in [7, 11) is 0. The second-order valence-electron chi connectivity index (χ2n) is 10.0. The first kappa shape index (κ1) is 23.5. The molecule has 1 N–H and O–H groups in total. The summed E-state index contributed by atoms with van der Waals surface area (Å²) in [5, 5.41) is 4.36. The monoisotopic (exact) mass is 513 g/mol. The second-order valence-corrected chi connectivity index (χ2v) is 11.1. The number of hydrogen-bond acceptors (Lipinski definition) is 4. The number of likely N-dealkylation sites (tertiary alicyclic amines) is 2. The number of thiophene rings is 1. The van der Waals surface area contributed by atoms with Crippen molar-refractivity contribution in [1.29, 1.82) is 0 Å². The smallest absolute Gasteiger partial charge is 0.337 e. The van der Waals surface area contributed by atoms with Gasteiger partial charge in [0.15, 0.2) is 0 Å². The van der Waals surface area contributed by atoms with Crippen molar-refractivity contribution in [2.45, 2.75) is 43.4 Å². The third-order valence-electron chi connectivity index (χ3n) is 7.37. The lowest BCUT2D eigenvalue weighted by Gasteiger charge is -2.41. The SMILES string of the molecule is O=C(c1ccccc1)N1CCC(NC2CN(C(=O)c3sc4cc(C(F)(F)F)ccc4c3C3CC3)C2)C1. The first-order chi connectivity index (χ1) is 17.3. The van der Waals surface area contributed by atoms with Crippen molar-refractivity contribution in [2.75, 3.05) is 26.2 Å². The molecule has 2 aromatic carbocycles. The predicted octanol–water partition coefficient (Wildman–Crippen LogP) is 5.13. The van der Waals surface area contributed by atoms with Crippen molar-refractivity contribution >= 4 is 33.2 Å². The summed E-state index contributed by atoms with van der Waals surface area (Å²) in [4.78, 5) is 30.3. The molecule has 3 heterocycles. The highest BCUT2D eigenvalue weighted by Crippen LogP contribution is 2.49. The zero-order valence-electron chi connectivity index (χ0n) is 19.6. The van der Waals surface area contributed by atoms with Crippen LogP contribution in [0.25, 0.3) is 10.1 Å². The molecule has 0 radical (unpaired) electrons. The fraction of sp³-hybridized carbons (Fsp3) is 0.407. The Hall–Kier alpha value is -2.91. The quantitative estimate of drug-likeness (QED) is 0.515. The van der Waals surface area contributed by atoms with E-state index in [2.05, 4.69) is 5.32 Å². The van der Waals surface area contributed by atoms with Gasteiger partial charge in [-0.1, -0.05) is 24.3 Å². The Labute approximate surface area is 210 Å². The van der Waals surface area contributed by atoms with E-state index in [1.807, 2.05) is 35.2 Å². The van der Waals surface area contributed by atoms with Crippen molar-refractivity contribution in [3.63, 3.8) is 0 Å². The lowest BCUT2D eigenvalue weighted by Crippen LogP contribution is -2.62. The van der Waals surface area contributed by atoms with Gasteiger partial charge in [-0.2, -0.15) is 13.2 Å². The minimum Gasteiger partial charge on any atom is -0.337 e. The third-order valence-corrected chi connectivity index (χ3v) is 8.53. The lowest BCUT2D eigenvalue weighted by atomic mass is 10.0. The van der Waals surface area contributed by atoms with Gasteiger partial charge in [-0.05, 0) is 60.4 Å². The number of rotatable bonds is 5. The highest BCUT2D eigenvalue weighted by Gasteiger charge is 2.39. The molecule has 5 nitrogen and oxygen atoms in total. The number of amides is 2. The van der Waals surface area contributed by atoms with Gasteiger partial charge in [0.2, 0.25) is 0 Å². The normalized spacial score (nSPS) is 20.7. The van der Waals surface area contributed by atoms with Crippen molar-refractivity contribution in [3.05, 3.63) is 70.1 Å². The molecule has 1 aliphatic carbocycles. The summed E-state index contributed by atoms with van der Waals surface area (Å²) < 4.78 is 40.2. The number of nitrogens with zero attached hydrogens (tertiary/aromatic N) is 2. The summed E-state index contributed by atoms with van der Waals surface area (Å²) in [6.07, 6.45) is -1.60. The van der Waals surface area contributed by atoms with Crippen LogP contribution in [0.5, 0.6) is 0 Å². The number of halogens is 3. The molecule has 188 valence electrons. The Morgan fingerprint density at radius 1 is 0.889 bits per heavy atom. The molecule has 2 aliphatic heterocycles. The molecule has 2 amide bonds. The lowest BCUT2D eigenvalue weighted by molar-refractivity contribution is -0.137. The molecule has 36 heavy (non-hydrogen) atoms. The Bertz CT molecular complexity index is 1310. The number of carbonyl (C=O) groups excluding carboxylic acids is 2.